The van der Waals surface area contributed by atoms with Gasteiger partial charge in [-0.05, 0) is 12.1 Å². The molecule has 19 heavy (non-hydrogen) atoms. The van der Waals surface area contributed by atoms with Crippen LogP contribution in [0, 0.1) is 0 Å². The molecule has 0 N–H and O–H groups in total. The van der Waals surface area contributed by atoms with E-state index in [0.29, 0.717) is 0 Å². The van der Waals surface area contributed by atoms with E-state index in [1.807, 2.05) is 0 Å². The van der Waals surface area contributed by atoms with Crippen LogP contribution in [0.3, 0.4) is 0 Å². The third-order valence-electron chi connectivity index (χ3n) is 2.07. The van der Waals surface area contributed by atoms with Crippen LogP contribution < -0.4 is 34.7 Å². The second-order valence-corrected chi connectivity index (χ2v) is 3.25. The van der Waals surface area contributed by atoms with Gasteiger partial charge in [0.05, 0.1) is 11.1 Å². The number of benzene rings is 1. The minimum absolute atomic E-state index is 0. The van der Waals surface area contributed by atoms with Crippen molar-refractivity contribution in [2.45, 2.75) is 6.18 Å². The van der Waals surface area contributed by atoms with Crippen molar-refractivity contribution >= 4 is 5.97 Å². The van der Waals surface area contributed by atoms with Crippen LogP contribution in [0.25, 0.3) is 11.5 Å². The van der Waals surface area contributed by atoms with Crippen molar-refractivity contribution in [3.63, 3.8) is 0 Å². The zero-order chi connectivity index (χ0) is 13.3. The Balaban J connectivity index is 0.00000180. The summed E-state index contributed by atoms with van der Waals surface area (Å²) in [7, 11) is 0. The summed E-state index contributed by atoms with van der Waals surface area (Å²) >= 11 is 0. The number of nitrogens with zero attached hydrogens (tertiary/aromatic N) is 2. The first kappa shape index (κ1) is 15.7. The topological polar surface area (TPSA) is 79.0 Å². The van der Waals surface area contributed by atoms with Gasteiger partial charge in [0.15, 0.2) is 0 Å². The van der Waals surface area contributed by atoms with Crippen LogP contribution in [0.5, 0.6) is 0 Å². The second-order valence-electron chi connectivity index (χ2n) is 3.25. The molecule has 0 fully saturated rings. The molecule has 0 aliphatic heterocycles. The smallest absolute Gasteiger partial charge is 0.541 e. The SMILES string of the molecule is O=C([O-])c1noc(-c2ccccc2C(F)(F)F)n1.[Na+]. The maximum atomic E-state index is 12.7. The van der Waals surface area contributed by atoms with Gasteiger partial charge < -0.3 is 14.4 Å². The molecular weight excluding hydrogens is 276 g/mol. The summed E-state index contributed by atoms with van der Waals surface area (Å²) in [6.45, 7) is 0. The van der Waals surface area contributed by atoms with E-state index in [-0.39, 0.29) is 35.1 Å². The molecule has 1 heterocycles. The first-order chi connectivity index (χ1) is 8.39. The van der Waals surface area contributed by atoms with Gasteiger partial charge in [-0.3, -0.25) is 0 Å². The summed E-state index contributed by atoms with van der Waals surface area (Å²) < 4.78 is 42.5. The molecule has 0 spiro atoms. The number of carboxylic acid groups (broad SMARTS) is 1. The third kappa shape index (κ3) is 3.34. The summed E-state index contributed by atoms with van der Waals surface area (Å²) in [5.41, 5.74) is -1.37. The Labute approximate surface area is 126 Å². The molecule has 2 rings (SSSR count). The Kier molecular flexibility index (Phi) is 4.72. The van der Waals surface area contributed by atoms with E-state index < -0.39 is 29.4 Å². The molecule has 0 amide bonds. The molecule has 0 saturated carbocycles. The van der Waals surface area contributed by atoms with E-state index in [9.17, 15) is 23.1 Å². The van der Waals surface area contributed by atoms with Gasteiger partial charge in [-0.2, -0.15) is 18.2 Å². The quantitative estimate of drug-likeness (QED) is 0.602. The molecule has 2 aromatic rings. The van der Waals surface area contributed by atoms with Crippen LogP contribution in [0.15, 0.2) is 28.8 Å². The Hall–Kier alpha value is -1.38. The Morgan fingerprint density at radius 1 is 1.26 bits per heavy atom. The maximum absolute atomic E-state index is 12.7. The van der Waals surface area contributed by atoms with Crippen LogP contribution in [0.1, 0.15) is 16.2 Å². The van der Waals surface area contributed by atoms with Gasteiger partial charge in [0.1, 0.15) is 5.97 Å². The number of aromatic nitrogens is 2. The van der Waals surface area contributed by atoms with Crippen LogP contribution in [0.4, 0.5) is 13.2 Å². The number of carbonyl (C=O) groups excluding carboxylic acids is 1. The van der Waals surface area contributed by atoms with Gasteiger partial charge in [-0.25, -0.2) is 0 Å². The molecule has 0 unspecified atom stereocenters. The number of aromatic carboxylic acids is 1. The molecule has 0 saturated heterocycles. The molecule has 0 atom stereocenters. The van der Waals surface area contributed by atoms with Crippen LogP contribution in [-0.2, 0) is 6.18 Å². The van der Waals surface area contributed by atoms with Gasteiger partial charge in [0, 0.05) is 0 Å². The van der Waals surface area contributed by atoms with Crippen molar-refractivity contribution in [3.8, 4) is 11.5 Å². The van der Waals surface area contributed by atoms with Crippen molar-refractivity contribution in [2.75, 3.05) is 0 Å². The van der Waals surface area contributed by atoms with E-state index >= 15 is 0 Å². The van der Waals surface area contributed by atoms with Gasteiger partial charge >= 0.3 is 35.7 Å². The largest absolute Gasteiger partial charge is 1.00 e. The molecule has 0 aliphatic rings. The van der Waals surface area contributed by atoms with Gasteiger partial charge in [-0.1, -0.05) is 17.3 Å². The van der Waals surface area contributed by atoms with Crippen LogP contribution in [-0.4, -0.2) is 16.1 Å². The number of halogens is 3. The van der Waals surface area contributed by atoms with E-state index in [4.69, 9.17) is 0 Å². The summed E-state index contributed by atoms with van der Waals surface area (Å²) in [5.74, 6) is -3.06. The van der Waals surface area contributed by atoms with E-state index in [2.05, 4.69) is 14.7 Å². The molecule has 0 radical (unpaired) electrons. The van der Waals surface area contributed by atoms with Gasteiger partial charge in [0.2, 0.25) is 5.82 Å². The monoisotopic (exact) mass is 280 g/mol. The molecule has 0 aliphatic carbocycles. The van der Waals surface area contributed by atoms with Gasteiger partial charge in [0.25, 0.3) is 5.89 Å². The fourth-order valence-corrected chi connectivity index (χ4v) is 1.33. The molecule has 1 aromatic carbocycles. The van der Waals surface area contributed by atoms with Crippen molar-refractivity contribution in [2.24, 2.45) is 0 Å². The van der Waals surface area contributed by atoms with Crippen molar-refractivity contribution in [1.82, 2.24) is 10.1 Å². The summed E-state index contributed by atoms with van der Waals surface area (Å²) in [5, 5.41) is 13.4. The minimum Gasteiger partial charge on any atom is -0.541 e. The predicted octanol–water partition coefficient (Wildman–Crippen LogP) is -1.88. The normalized spacial score (nSPS) is 10.9. The zero-order valence-electron chi connectivity index (χ0n) is 9.56. The zero-order valence-corrected chi connectivity index (χ0v) is 11.6. The first-order valence-corrected chi connectivity index (χ1v) is 4.61. The molecule has 1 aromatic heterocycles. The van der Waals surface area contributed by atoms with Gasteiger partial charge in [-0.15, -0.1) is 0 Å². The number of alkyl halides is 3. The maximum Gasteiger partial charge on any atom is 1.00 e. The molecule has 9 heteroatoms. The average molecular weight is 280 g/mol. The summed E-state index contributed by atoms with van der Waals surface area (Å²) in [6.07, 6.45) is -4.60. The molecule has 94 valence electrons. The fourth-order valence-electron chi connectivity index (χ4n) is 1.33. The van der Waals surface area contributed by atoms with E-state index in [1.165, 1.54) is 12.1 Å². The molecule has 0 bridgehead atoms. The number of hydrogen-bond donors (Lipinski definition) is 0. The van der Waals surface area contributed by atoms with Crippen LogP contribution >= 0.6 is 0 Å². The summed E-state index contributed by atoms with van der Waals surface area (Å²) in [6, 6.07) is 4.48. The third-order valence-corrected chi connectivity index (χ3v) is 2.07. The van der Waals surface area contributed by atoms with Crippen LogP contribution in [0.2, 0.25) is 0 Å². The van der Waals surface area contributed by atoms with E-state index in [0.717, 1.165) is 12.1 Å². The minimum atomic E-state index is -4.60. The second kappa shape index (κ2) is 5.72. The number of carboxylic acids is 1. The summed E-state index contributed by atoms with van der Waals surface area (Å²) in [4.78, 5) is 13.7. The number of carbonyl (C=O) groups is 1. The standard InChI is InChI=1S/C10H5F3N2O3.Na/c11-10(12,13)6-4-2-1-3-5(6)8-14-7(9(16)17)15-18-8;/h1-4H,(H,16,17);/q;+1/p-1. The fraction of sp³-hybridized carbons (Fsp3) is 0.100. The Morgan fingerprint density at radius 3 is 2.42 bits per heavy atom. The predicted molar refractivity (Wildman–Crippen MR) is 49.1 cm³/mol. The number of rotatable bonds is 2. The molecule has 5 nitrogen and oxygen atoms in total. The van der Waals surface area contributed by atoms with Crippen molar-refractivity contribution in [3.05, 3.63) is 35.7 Å². The van der Waals surface area contributed by atoms with Crippen molar-refractivity contribution < 1.29 is 57.2 Å². The van der Waals surface area contributed by atoms with E-state index in [1.54, 1.807) is 0 Å². The average Bonchev–Trinajstić information content (AvgIpc) is 2.77. The Morgan fingerprint density at radius 2 is 1.89 bits per heavy atom. The first-order valence-electron chi connectivity index (χ1n) is 4.61. The Bertz CT molecular complexity index is 598. The number of hydrogen-bond acceptors (Lipinski definition) is 5. The van der Waals surface area contributed by atoms with Crippen molar-refractivity contribution in [1.29, 1.82) is 0 Å². The molecular formula is C10H4F3N2NaO3.